The van der Waals surface area contributed by atoms with Crippen molar-refractivity contribution in [3.8, 4) is 45.8 Å². The fraction of sp³-hybridized carbons (Fsp3) is 0.0455. The van der Waals surface area contributed by atoms with Crippen molar-refractivity contribution in [1.82, 2.24) is 9.13 Å². The Hall–Kier alpha value is -6.62. The molecule has 0 spiro atoms. The number of aromatic nitrogens is 2. The van der Waals surface area contributed by atoms with E-state index in [1.807, 2.05) is 24.3 Å². The Morgan fingerprint density at radius 1 is 0.562 bits per heavy atom. The number of allylic oxidation sites excluding steroid dienone is 1. The third kappa shape index (κ3) is 4.14. The van der Waals surface area contributed by atoms with Crippen LogP contribution in [0.4, 0.5) is 0 Å². The summed E-state index contributed by atoms with van der Waals surface area (Å²) < 4.78 is 4.58. The van der Waals surface area contributed by atoms with Crippen LogP contribution in [0.3, 0.4) is 0 Å². The molecule has 6 aromatic carbocycles. The zero-order valence-electron chi connectivity index (χ0n) is 26.1. The van der Waals surface area contributed by atoms with Gasteiger partial charge in [-0.1, -0.05) is 103 Å². The molecule has 0 fully saturated rings. The van der Waals surface area contributed by atoms with Crippen LogP contribution < -0.4 is 0 Å². The van der Waals surface area contributed by atoms with Gasteiger partial charge in [0, 0.05) is 38.7 Å². The van der Waals surface area contributed by atoms with E-state index in [9.17, 15) is 10.5 Å². The highest BCUT2D eigenvalue weighted by atomic mass is 15.0. The lowest BCUT2D eigenvalue weighted by Crippen LogP contribution is -2.05. The summed E-state index contributed by atoms with van der Waals surface area (Å²) >= 11 is 0. The second kappa shape index (κ2) is 11.0. The smallest absolute Gasteiger partial charge is 0.101 e. The second-order valence-corrected chi connectivity index (χ2v) is 12.3. The number of hydrogen-bond acceptors (Lipinski definition) is 2. The van der Waals surface area contributed by atoms with E-state index in [4.69, 9.17) is 0 Å². The zero-order chi connectivity index (χ0) is 32.2. The standard InChI is InChI=1S/C44H28N4/c45-27-29-24-31(26-32(25-29)47-40-20-7-4-16-36(40)37-17-5-8-21-41(37)47)33-13-1-2-14-34(33)35-15-3-9-22-42(35)48-43-23-10-6-18-38(43)39-19-11-12-30(28-46)44(39)48/h1-9,11-22,24-26H,10,23H2. The number of benzene rings is 6. The molecule has 1 aliphatic carbocycles. The number of rotatable bonds is 4. The van der Waals surface area contributed by atoms with Crippen LogP contribution in [0.25, 0.3) is 72.4 Å². The molecule has 0 unspecified atom stereocenters. The molecule has 0 N–H and O–H groups in total. The van der Waals surface area contributed by atoms with Crippen molar-refractivity contribution < 1.29 is 0 Å². The number of fused-ring (bicyclic) bond motifs is 6. The highest BCUT2D eigenvalue weighted by Gasteiger charge is 2.23. The molecular weight excluding hydrogens is 585 g/mol. The first-order valence-electron chi connectivity index (χ1n) is 16.2. The first kappa shape index (κ1) is 27.7. The Labute approximate surface area is 278 Å². The van der Waals surface area contributed by atoms with Crippen molar-refractivity contribution in [1.29, 1.82) is 10.5 Å². The van der Waals surface area contributed by atoms with Gasteiger partial charge in [-0.15, -0.1) is 0 Å². The lowest BCUT2D eigenvalue weighted by molar-refractivity contribution is 0.889. The van der Waals surface area contributed by atoms with Crippen molar-refractivity contribution in [3.05, 3.63) is 162 Å². The molecule has 48 heavy (non-hydrogen) atoms. The van der Waals surface area contributed by atoms with Crippen LogP contribution in [0.2, 0.25) is 0 Å². The van der Waals surface area contributed by atoms with Gasteiger partial charge in [0.2, 0.25) is 0 Å². The maximum absolute atomic E-state index is 10.3. The van der Waals surface area contributed by atoms with Crippen LogP contribution in [0.1, 0.15) is 28.8 Å². The Morgan fingerprint density at radius 2 is 1.23 bits per heavy atom. The van der Waals surface area contributed by atoms with Crippen LogP contribution in [0, 0.1) is 22.7 Å². The molecule has 2 heterocycles. The number of nitriles is 2. The Morgan fingerprint density at radius 3 is 1.98 bits per heavy atom. The lowest BCUT2D eigenvalue weighted by Gasteiger charge is -2.20. The first-order chi connectivity index (χ1) is 23.7. The van der Waals surface area contributed by atoms with Crippen LogP contribution in [-0.2, 0) is 6.42 Å². The van der Waals surface area contributed by atoms with Crippen molar-refractivity contribution >= 4 is 38.8 Å². The summed E-state index contributed by atoms with van der Waals surface area (Å²) in [6, 6.07) is 50.9. The zero-order valence-corrected chi connectivity index (χ0v) is 26.1. The van der Waals surface area contributed by atoms with Crippen LogP contribution in [0.15, 0.2) is 140 Å². The molecule has 9 rings (SSSR count). The van der Waals surface area contributed by atoms with Crippen molar-refractivity contribution in [2.45, 2.75) is 12.8 Å². The molecule has 2 aromatic heterocycles. The number of nitrogens with zero attached hydrogens (tertiary/aromatic N) is 4. The van der Waals surface area contributed by atoms with Crippen molar-refractivity contribution in [3.63, 3.8) is 0 Å². The van der Waals surface area contributed by atoms with Gasteiger partial charge >= 0.3 is 0 Å². The minimum atomic E-state index is 0.600. The highest BCUT2D eigenvalue weighted by Crippen LogP contribution is 2.42. The molecule has 224 valence electrons. The van der Waals surface area contributed by atoms with Gasteiger partial charge in [-0.25, -0.2) is 0 Å². The molecule has 0 saturated carbocycles. The molecule has 0 radical (unpaired) electrons. The SMILES string of the molecule is N#Cc1cc(-c2ccccc2-c2ccccc2-n2c3c(c4cccc(C#N)c42)C=CCC3)cc(-n2c3ccccc3c3ccccc32)c1. The molecule has 1 aliphatic rings. The lowest BCUT2D eigenvalue weighted by atomic mass is 9.92. The minimum Gasteiger partial charge on any atom is -0.311 e. The molecule has 4 heteroatoms. The van der Waals surface area contributed by atoms with E-state index < -0.39 is 0 Å². The largest absolute Gasteiger partial charge is 0.311 e. The fourth-order valence-electron chi connectivity index (χ4n) is 7.65. The molecule has 0 bridgehead atoms. The Balaban J connectivity index is 1.30. The second-order valence-electron chi connectivity index (χ2n) is 12.3. The predicted octanol–water partition coefficient (Wildman–Crippen LogP) is 10.8. The molecule has 0 aliphatic heterocycles. The van der Waals surface area contributed by atoms with Gasteiger partial charge in [0.25, 0.3) is 0 Å². The van der Waals surface area contributed by atoms with Gasteiger partial charge in [-0.05, 0) is 72.0 Å². The van der Waals surface area contributed by atoms with Gasteiger partial charge in [0.15, 0.2) is 0 Å². The summed E-state index contributed by atoms with van der Waals surface area (Å²) in [5.74, 6) is 0. The minimum absolute atomic E-state index is 0.600. The molecule has 0 atom stereocenters. The summed E-state index contributed by atoms with van der Waals surface area (Å²) in [5, 5.41) is 24.0. The maximum atomic E-state index is 10.3. The van der Waals surface area contributed by atoms with E-state index >= 15 is 0 Å². The maximum Gasteiger partial charge on any atom is 0.101 e. The van der Waals surface area contributed by atoms with Gasteiger partial charge < -0.3 is 9.13 Å². The third-order valence-corrected chi connectivity index (χ3v) is 9.64. The van der Waals surface area contributed by atoms with Crippen molar-refractivity contribution in [2.75, 3.05) is 0 Å². The first-order valence-corrected chi connectivity index (χ1v) is 16.2. The molecule has 0 saturated heterocycles. The summed E-state index contributed by atoms with van der Waals surface area (Å²) in [6.07, 6.45) is 6.28. The van der Waals surface area contributed by atoms with Gasteiger partial charge in [0.1, 0.15) is 6.07 Å². The quantitative estimate of drug-likeness (QED) is 0.199. The summed E-state index contributed by atoms with van der Waals surface area (Å²) in [6.45, 7) is 0. The van der Waals surface area contributed by atoms with Crippen molar-refractivity contribution in [2.24, 2.45) is 0 Å². The third-order valence-electron chi connectivity index (χ3n) is 9.64. The molecular formula is C44H28N4. The predicted molar refractivity (Wildman–Crippen MR) is 195 cm³/mol. The van der Waals surface area contributed by atoms with Crippen LogP contribution in [-0.4, -0.2) is 9.13 Å². The van der Waals surface area contributed by atoms with E-state index in [0.717, 1.165) is 68.4 Å². The number of para-hydroxylation sites is 4. The van der Waals surface area contributed by atoms with Gasteiger partial charge in [-0.3, -0.25) is 0 Å². The monoisotopic (exact) mass is 612 g/mol. The summed E-state index contributed by atoms with van der Waals surface area (Å²) in [5.41, 5.74) is 12.9. The molecule has 8 aromatic rings. The Bertz CT molecular complexity index is 2650. The van der Waals surface area contributed by atoms with E-state index in [1.54, 1.807) is 0 Å². The summed E-state index contributed by atoms with van der Waals surface area (Å²) in [4.78, 5) is 0. The Kier molecular flexibility index (Phi) is 6.35. The van der Waals surface area contributed by atoms with Gasteiger partial charge in [-0.2, -0.15) is 10.5 Å². The molecule has 4 nitrogen and oxygen atoms in total. The molecule has 0 amide bonds. The van der Waals surface area contributed by atoms with E-state index in [1.165, 1.54) is 22.0 Å². The van der Waals surface area contributed by atoms with Crippen LogP contribution >= 0.6 is 0 Å². The normalized spacial score (nSPS) is 12.3. The van der Waals surface area contributed by atoms with E-state index in [0.29, 0.717) is 11.1 Å². The average Bonchev–Trinajstić information content (AvgIpc) is 3.68. The van der Waals surface area contributed by atoms with Gasteiger partial charge in [0.05, 0.1) is 39.4 Å². The topological polar surface area (TPSA) is 57.4 Å². The highest BCUT2D eigenvalue weighted by molar-refractivity contribution is 6.09. The fourth-order valence-corrected chi connectivity index (χ4v) is 7.65. The average molecular weight is 613 g/mol. The number of hydrogen-bond donors (Lipinski definition) is 0. The van der Waals surface area contributed by atoms with E-state index in [2.05, 4.69) is 143 Å². The van der Waals surface area contributed by atoms with E-state index in [-0.39, 0.29) is 0 Å². The summed E-state index contributed by atoms with van der Waals surface area (Å²) in [7, 11) is 0. The van der Waals surface area contributed by atoms with Crippen LogP contribution in [0.5, 0.6) is 0 Å².